The van der Waals surface area contributed by atoms with Crippen molar-refractivity contribution in [2.75, 3.05) is 20.2 Å². The van der Waals surface area contributed by atoms with E-state index in [0.29, 0.717) is 30.6 Å². The number of carbonyl (C=O) groups excluding carboxylic acids is 1. The second kappa shape index (κ2) is 10.2. The highest BCUT2D eigenvalue weighted by Gasteiger charge is 2.35. The molecule has 0 fully saturated rings. The number of amides is 1. The number of halogens is 1. The van der Waals surface area contributed by atoms with E-state index < -0.39 is 11.6 Å². The van der Waals surface area contributed by atoms with E-state index in [9.17, 15) is 19.1 Å². The number of aliphatic carboxylic acids is 1. The lowest BCUT2D eigenvalue weighted by Crippen LogP contribution is -2.37. The van der Waals surface area contributed by atoms with Crippen LogP contribution >= 0.6 is 0 Å². The standard InChI is InChI=1S/C28H28FNO5/c1-28(16-20-3-8-23(29)9-4-20)17-22-15-21(7-12-25(22)35-28)27(33)30(18-26(31)32)14-13-19-5-10-24(34-2)11-6-19/h3-12,15H,13-14,16-18H2,1-2H3,(H,31,32)/t28-/m1/s1. The molecule has 3 aromatic rings. The first-order chi connectivity index (χ1) is 16.7. The summed E-state index contributed by atoms with van der Waals surface area (Å²) < 4.78 is 24.6. The first-order valence-corrected chi connectivity index (χ1v) is 11.4. The third-order valence-electron chi connectivity index (χ3n) is 6.16. The Morgan fingerprint density at radius 1 is 1.06 bits per heavy atom. The monoisotopic (exact) mass is 477 g/mol. The minimum atomic E-state index is -1.07. The van der Waals surface area contributed by atoms with Gasteiger partial charge in [-0.25, -0.2) is 4.39 Å². The van der Waals surface area contributed by atoms with Crippen LogP contribution in [0.25, 0.3) is 0 Å². The summed E-state index contributed by atoms with van der Waals surface area (Å²) in [5, 5.41) is 9.37. The largest absolute Gasteiger partial charge is 0.497 e. The number of hydrogen-bond acceptors (Lipinski definition) is 4. The molecule has 1 N–H and O–H groups in total. The predicted molar refractivity (Wildman–Crippen MR) is 130 cm³/mol. The minimum absolute atomic E-state index is 0.271. The predicted octanol–water partition coefficient (Wildman–Crippen LogP) is 4.54. The average molecular weight is 478 g/mol. The Bertz CT molecular complexity index is 1210. The Kier molecular flexibility index (Phi) is 7.05. The van der Waals surface area contributed by atoms with Crippen LogP contribution < -0.4 is 9.47 Å². The van der Waals surface area contributed by atoms with Crippen LogP contribution in [-0.2, 0) is 24.1 Å². The van der Waals surface area contributed by atoms with E-state index in [4.69, 9.17) is 9.47 Å². The van der Waals surface area contributed by atoms with Crippen molar-refractivity contribution in [1.82, 2.24) is 4.90 Å². The van der Waals surface area contributed by atoms with Crippen LogP contribution in [0.15, 0.2) is 66.7 Å². The first kappa shape index (κ1) is 24.3. The normalized spacial score (nSPS) is 16.3. The van der Waals surface area contributed by atoms with Gasteiger partial charge >= 0.3 is 5.97 Å². The van der Waals surface area contributed by atoms with Crippen LogP contribution in [0.5, 0.6) is 11.5 Å². The molecule has 3 aromatic carbocycles. The number of nitrogens with zero attached hydrogens (tertiary/aromatic N) is 1. The molecule has 1 atom stereocenters. The SMILES string of the molecule is COc1ccc(CCN(CC(=O)O)C(=O)c2ccc3c(c2)C[C@@](C)(Cc2ccc(F)cc2)O3)cc1. The highest BCUT2D eigenvalue weighted by molar-refractivity contribution is 5.96. The maximum absolute atomic E-state index is 13.3. The molecule has 0 aromatic heterocycles. The van der Waals surface area contributed by atoms with E-state index in [1.807, 2.05) is 31.2 Å². The van der Waals surface area contributed by atoms with Gasteiger partial charge in [0.25, 0.3) is 5.91 Å². The molecule has 1 heterocycles. The number of hydrogen-bond donors (Lipinski definition) is 1. The summed E-state index contributed by atoms with van der Waals surface area (Å²) in [5.74, 6) is -0.246. The molecule has 35 heavy (non-hydrogen) atoms. The highest BCUT2D eigenvalue weighted by atomic mass is 19.1. The Morgan fingerprint density at radius 2 is 1.74 bits per heavy atom. The molecule has 0 aliphatic carbocycles. The molecule has 0 unspecified atom stereocenters. The van der Waals surface area contributed by atoms with E-state index in [1.54, 1.807) is 37.4 Å². The van der Waals surface area contributed by atoms with Gasteiger partial charge < -0.3 is 19.5 Å². The van der Waals surface area contributed by atoms with Crippen molar-refractivity contribution in [3.63, 3.8) is 0 Å². The van der Waals surface area contributed by atoms with Gasteiger partial charge in [-0.15, -0.1) is 0 Å². The highest BCUT2D eigenvalue weighted by Crippen LogP contribution is 2.37. The summed E-state index contributed by atoms with van der Waals surface area (Å²) in [6.07, 6.45) is 1.71. The summed E-state index contributed by atoms with van der Waals surface area (Å²) in [6.45, 7) is 1.88. The zero-order valence-corrected chi connectivity index (χ0v) is 19.8. The number of carboxylic acid groups (broad SMARTS) is 1. The molecular weight excluding hydrogens is 449 g/mol. The molecule has 6 nitrogen and oxygen atoms in total. The molecule has 1 amide bonds. The number of benzene rings is 3. The number of carboxylic acids is 1. The fraction of sp³-hybridized carbons (Fsp3) is 0.286. The van der Waals surface area contributed by atoms with E-state index in [2.05, 4.69) is 0 Å². The van der Waals surface area contributed by atoms with Crippen LogP contribution in [0.3, 0.4) is 0 Å². The number of ether oxygens (including phenoxy) is 2. The van der Waals surface area contributed by atoms with Gasteiger partial charge in [0.05, 0.1) is 7.11 Å². The van der Waals surface area contributed by atoms with Crippen LogP contribution in [0.1, 0.15) is 34.0 Å². The van der Waals surface area contributed by atoms with Gasteiger partial charge in [-0.3, -0.25) is 9.59 Å². The van der Waals surface area contributed by atoms with Gasteiger partial charge in [-0.2, -0.15) is 0 Å². The fourth-order valence-electron chi connectivity index (χ4n) is 4.44. The first-order valence-electron chi connectivity index (χ1n) is 11.4. The van der Waals surface area contributed by atoms with E-state index >= 15 is 0 Å². The Balaban J connectivity index is 1.46. The average Bonchev–Trinajstić information content (AvgIpc) is 3.17. The molecule has 0 saturated heterocycles. The summed E-state index contributed by atoms with van der Waals surface area (Å²) >= 11 is 0. The molecule has 4 rings (SSSR count). The van der Waals surface area contributed by atoms with Gasteiger partial charge in [0, 0.05) is 24.9 Å². The topological polar surface area (TPSA) is 76.1 Å². The molecule has 0 saturated carbocycles. The second-order valence-corrected chi connectivity index (χ2v) is 9.07. The smallest absolute Gasteiger partial charge is 0.323 e. The van der Waals surface area contributed by atoms with Crippen LogP contribution in [0.4, 0.5) is 4.39 Å². The summed E-state index contributed by atoms with van der Waals surface area (Å²) in [7, 11) is 1.59. The maximum Gasteiger partial charge on any atom is 0.323 e. The lowest BCUT2D eigenvalue weighted by Gasteiger charge is -2.24. The third kappa shape index (κ3) is 5.98. The lowest BCUT2D eigenvalue weighted by molar-refractivity contribution is -0.137. The Hall–Kier alpha value is -3.87. The number of fused-ring (bicyclic) bond motifs is 1. The number of methoxy groups -OCH3 is 1. The molecule has 7 heteroatoms. The van der Waals surface area contributed by atoms with Crippen molar-refractivity contribution in [3.05, 3.63) is 94.8 Å². The van der Waals surface area contributed by atoms with Crippen LogP contribution in [0, 0.1) is 5.82 Å². The Labute approximate surface area is 203 Å². The summed E-state index contributed by atoms with van der Waals surface area (Å²) in [5.41, 5.74) is 2.74. The Morgan fingerprint density at radius 3 is 2.40 bits per heavy atom. The quantitative estimate of drug-likeness (QED) is 0.490. The van der Waals surface area contributed by atoms with Gasteiger partial charge in [0.1, 0.15) is 29.5 Å². The van der Waals surface area contributed by atoms with Crippen molar-refractivity contribution < 1.29 is 28.6 Å². The fourth-order valence-corrected chi connectivity index (χ4v) is 4.44. The van der Waals surface area contributed by atoms with Crippen LogP contribution in [-0.4, -0.2) is 47.7 Å². The van der Waals surface area contributed by atoms with Crippen molar-refractivity contribution in [3.8, 4) is 11.5 Å². The van der Waals surface area contributed by atoms with Gasteiger partial charge in [0.2, 0.25) is 0 Å². The van der Waals surface area contributed by atoms with E-state index in [0.717, 1.165) is 22.4 Å². The van der Waals surface area contributed by atoms with Gasteiger partial charge in [0.15, 0.2) is 0 Å². The zero-order chi connectivity index (χ0) is 25.0. The molecule has 1 aliphatic heterocycles. The number of rotatable bonds is 9. The number of carbonyl (C=O) groups is 2. The van der Waals surface area contributed by atoms with E-state index in [1.165, 1.54) is 17.0 Å². The molecule has 0 bridgehead atoms. The van der Waals surface area contributed by atoms with Crippen LogP contribution in [0.2, 0.25) is 0 Å². The summed E-state index contributed by atoms with van der Waals surface area (Å²) in [6, 6.07) is 19.0. The second-order valence-electron chi connectivity index (χ2n) is 9.07. The molecule has 1 aliphatic rings. The third-order valence-corrected chi connectivity index (χ3v) is 6.16. The van der Waals surface area contributed by atoms with Crippen molar-refractivity contribution in [2.24, 2.45) is 0 Å². The van der Waals surface area contributed by atoms with Gasteiger partial charge in [-0.05, 0) is 72.5 Å². The van der Waals surface area contributed by atoms with Crippen molar-refractivity contribution in [1.29, 1.82) is 0 Å². The lowest BCUT2D eigenvalue weighted by atomic mass is 9.91. The molecule has 182 valence electrons. The molecular formula is C28H28FNO5. The minimum Gasteiger partial charge on any atom is -0.497 e. The van der Waals surface area contributed by atoms with Gasteiger partial charge in [-0.1, -0.05) is 24.3 Å². The molecule has 0 radical (unpaired) electrons. The maximum atomic E-state index is 13.3. The van der Waals surface area contributed by atoms with E-state index in [-0.39, 0.29) is 24.8 Å². The molecule has 0 spiro atoms. The van der Waals surface area contributed by atoms with Crippen molar-refractivity contribution >= 4 is 11.9 Å². The zero-order valence-electron chi connectivity index (χ0n) is 19.8. The summed E-state index contributed by atoms with van der Waals surface area (Å²) in [4.78, 5) is 26.1. The van der Waals surface area contributed by atoms with Crippen molar-refractivity contribution in [2.45, 2.75) is 31.8 Å².